The van der Waals surface area contributed by atoms with Crippen LogP contribution in [0.3, 0.4) is 0 Å². The van der Waals surface area contributed by atoms with Crippen LogP contribution in [0.2, 0.25) is 0 Å². The Labute approximate surface area is 220 Å². The van der Waals surface area contributed by atoms with Crippen molar-refractivity contribution in [2.75, 3.05) is 0 Å². The number of unbranched alkanes of at least 4 members (excludes halogenated alkanes) is 1. The van der Waals surface area contributed by atoms with Crippen molar-refractivity contribution < 1.29 is 17.9 Å². The summed E-state index contributed by atoms with van der Waals surface area (Å²) >= 11 is 0. The molecule has 7 nitrogen and oxygen atoms in total. The smallest absolute Gasteiger partial charge is 0.296 e. The molecule has 4 aromatic rings. The number of sulfone groups is 1. The molecule has 0 fully saturated rings. The molecule has 0 bridgehead atoms. The number of halogens is 1. The van der Waals surface area contributed by atoms with Gasteiger partial charge in [-0.1, -0.05) is 49.7 Å². The summed E-state index contributed by atoms with van der Waals surface area (Å²) in [5, 5.41) is 11.4. The maximum absolute atomic E-state index is 13.7. The molecule has 0 radical (unpaired) electrons. The minimum absolute atomic E-state index is 0.150. The summed E-state index contributed by atoms with van der Waals surface area (Å²) in [5.74, 6) is -0.804. The van der Waals surface area contributed by atoms with Gasteiger partial charge < -0.3 is 5.11 Å². The van der Waals surface area contributed by atoms with Gasteiger partial charge in [-0.05, 0) is 67.1 Å². The van der Waals surface area contributed by atoms with Crippen LogP contribution in [0.25, 0.3) is 11.1 Å². The molecule has 9 heteroatoms. The maximum atomic E-state index is 13.7. The maximum Gasteiger partial charge on any atom is 0.296 e. The lowest BCUT2D eigenvalue weighted by Gasteiger charge is -2.23. The van der Waals surface area contributed by atoms with E-state index in [0.29, 0.717) is 35.5 Å². The molecule has 0 aliphatic heterocycles. The van der Waals surface area contributed by atoms with E-state index in [0.717, 1.165) is 30.4 Å². The molecule has 196 valence electrons. The van der Waals surface area contributed by atoms with E-state index < -0.39 is 32.1 Å². The highest BCUT2D eigenvalue weighted by atomic mass is 32.2. The molecule has 5 rings (SSSR count). The largest absolute Gasteiger partial charge is 0.493 e. The molecule has 0 unspecified atom stereocenters. The molecular weight excluding hydrogens is 505 g/mol. The van der Waals surface area contributed by atoms with Crippen LogP contribution in [0.1, 0.15) is 54.9 Å². The van der Waals surface area contributed by atoms with Crippen LogP contribution < -0.4 is 5.56 Å². The van der Waals surface area contributed by atoms with Gasteiger partial charge in [0.05, 0.1) is 10.9 Å². The van der Waals surface area contributed by atoms with E-state index >= 15 is 0 Å². The molecule has 0 amide bonds. The molecule has 1 atom stereocenters. The second-order valence-electron chi connectivity index (χ2n) is 9.51. The van der Waals surface area contributed by atoms with Gasteiger partial charge in [-0.2, -0.15) is 9.37 Å². The van der Waals surface area contributed by atoms with E-state index in [1.807, 2.05) is 31.2 Å². The zero-order valence-electron chi connectivity index (χ0n) is 21.2. The fourth-order valence-corrected chi connectivity index (χ4v) is 6.54. The van der Waals surface area contributed by atoms with Gasteiger partial charge in [0.25, 0.3) is 5.56 Å². The lowest BCUT2D eigenvalue weighted by atomic mass is 10.1. The van der Waals surface area contributed by atoms with Crippen molar-refractivity contribution in [3.63, 3.8) is 0 Å². The molecule has 1 aliphatic carbocycles. The number of pyridine rings is 1. The predicted octanol–water partition coefficient (Wildman–Crippen LogP) is 5.17. The summed E-state index contributed by atoms with van der Waals surface area (Å²) < 4.78 is 42.4. The van der Waals surface area contributed by atoms with Gasteiger partial charge in [0.2, 0.25) is 21.7 Å². The number of hydrogen-bond donors (Lipinski definition) is 1. The molecule has 1 aliphatic rings. The first-order valence-electron chi connectivity index (χ1n) is 12.6. The van der Waals surface area contributed by atoms with Crippen molar-refractivity contribution in [1.29, 1.82) is 0 Å². The highest BCUT2D eigenvalue weighted by Gasteiger charge is 2.34. The van der Waals surface area contributed by atoms with Crippen molar-refractivity contribution in [1.82, 2.24) is 14.5 Å². The Morgan fingerprint density at radius 1 is 1.05 bits per heavy atom. The summed E-state index contributed by atoms with van der Waals surface area (Å²) in [7, 11) is -4.40. The Balaban J connectivity index is 1.62. The van der Waals surface area contributed by atoms with Crippen molar-refractivity contribution >= 4 is 9.84 Å². The van der Waals surface area contributed by atoms with E-state index in [-0.39, 0.29) is 10.9 Å². The molecule has 38 heavy (non-hydrogen) atoms. The molecule has 0 saturated heterocycles. The Hall–Kier alpha value is -3.85. The number of aromatic hydroxyl groups is 1. The summed E-state index contributed by atoms with van der Waals surface area (Å²) in [6, 6.07) is 16.2. The van der Waals surface area contributed by atoms with Crippen molar-refractivity contribution in [3.05, 3.63) is 99.6 Å². The average molecular weight is 534 g/mol. The van der Waals surface area contributed by atoms with Crippen LogP contribution in [0, 0.1) is 12.9 Å². The Bertz CT molecular complexity index is 1680. The molecule has 2 aromatic heterocycles. The third-order valence-corrected chi connectivity index (χ3v) is 8.88. The van der Waals surface area contributed by atoms with Crippen LogP contribution in [0.15, 0.2) is 75.2 Å². The minimum atomic E-state index is -4.40. The van der Waals surface area contributed by atoms with Crippen LogP contribution >= 0.6 is 0 Å². The summed E-state index contributed by atoms with van der Waals surface area (Å²) in [5.41, 5.74) is 2.90. The predicted molar refractivity (Wildman–Crippen MR) is 141 cm³/mol. The fraction of sp³-hybridized carbons (Fsp3) is 0.276. The van der Waals surface area contributed by atoms with Crippen LogP contribution in [-0.2, 0) is 22.7 Å². The lowest BCUT2D eigenvalue weighted by Crippen LogP contribution is -2.27. The van der Waals surface area contributed by atoms with Gasteiger partial charge in [-0.15, -0.1) is 0 Å². The fourth-order valence-electron chi connectivity index (χ4n) is 5.19. The number of aryl methyl sites for hydroxylation is 3. The number of aromatic nitrogens is 3. The van der Waals surface area contributed by atoms with E-state index in [2.05, 4.69) is 9.97 Å². The number of nitrogens with zero attached hydrogens (tertiary/aromatic N) is 3. The zero-order chi connectivity index (χ0) is 27.0. The number of rotatable bonds is 7. The molecule has 0 spiro atoms. The minimum Gasteiger partial charge on any atom is -0.493 e. The first kappa shape index (κ1) is 25.8. The van der Waals surface area contributed by atoms with Crippen LogP contribution in [0.5, 0.6) is 5.88 Å². The third kappa shape index (κ3) is 4.51. The van der Waals surface area contributed by atoms with Gasteiger partial charge in [-0.25, -0.2) is 13.4 Å². The number of fused-ring (bicyclic) bond motifs is 1. The van der Waals surface area contributed by atoms with Gasteiger partial charge >= 0.3 is 0 Å². The zero-order valence-corrected chi connectivity index (χ0v) is 22.0. The number of hydrogen-bond acceptors (Lipinski definition) is 6. The first-order valence-corrected chi connectivity index (χ1v) is 14.1. The Kier molecular flexibility index (Phi) is 6.88. The summed E-state index contributed by atoms with van der Waals surface area (Å²) in [6.07, 6.45) is 3.48. The molecular formula is C29H28FN3O4S. The number of benzene rings is 2. The normalized spacial score (nSPS) is 15.0. The standard InChI is InChI=1S/C29H28FN3O4S/c1-3-4-9-26-32-28(34)27(29(35)33(26)24-16-12-19-7-5-6-8-23(19)24)38(36,37)21-13-10-20(11-14-21)22-15-17-25(30)31-18(22)2/h5-8,10-11,13-15,17,24,35H,3-4,9,12,16H2,1-2H3/t24-/m0/s1. The molecule has 1 N–H and O–H groups in total. The van der Waals surface area contributed by atoms with Crippen LogP contribution in [-0.4, -0.2) is 28.1 Å². The van der Waals surface area contributed by atoms with Gasteiger partial charge in [0.15, 0.2) is 4.90 Å². The Morgan fingerprint density at radius 3 is 2.50 bits per heavy atom. The molecule has 0 saturated carbocycles. The van der Waals surface area contributed by atoms with Gasteiger partial charge in [0.1, 0.15) is 5.82 Å². The van der Waals surface area contributed by atoms with Gasteiger partial charge in [0, 0.05) is 17.7 Å². The van der Waals surface area contributed by atoms with E-state index in [9.17, 15) is 22.7 Å². The van der Waals surface area contributed by atoms with Crippen molar-refractivity contribution in [2.24, 2.45) is 0 Å². The molecule has 2 heterocycles. The van der Waals surface area contributed by atoms with Gasteiger partial charge in [-0.3, -0.25) is 9.36 Å². The average Bonchev–Trinajstić information content (AvgIpc) is 3.31. The Morgan fingerprint density at radius 2 is 1.79 bits per heavy atom. The third-order valence-electron chi connectivity index (χ3n) is 7.10. The first-order chi connectivity index (χ1) is 18.2. The summed E-state index contributed by atoms with van der Waals surface area (Å²) in [4.78, 5) is 20.2. The topological polar surface area (TPSA) is 102 Å². The van der Waals surface area contributed by atoms with E-state index in [4.69, 9.17) is 0 Å². The van der Waals surface area contributed by atoms with Crippen molar-refractivity contribution in [2.45, 2.75) is 61.8 Å². The van der Waals surface area contributed by atoms with E-state index in [1.54, 1.807) is 25.1 Å². The highest BCUT2D eigenvalue weighted by molar-refractivity contribution is 7.91. The quantitative estimate of drug-likeness (QED) is 0.329. The molecule has 2 aromatic carbocycles. The van der Waals surface area contributed by atoms with Crippen LogP contribution in [0.4, 0.5) is 4.39 Å². The highest BCUT2D eigenvalue weighted by Crippen LogP contribution is 2.39. The lowest BCUT2D eigenvalue weighted by molar-refractivity contribution is 0.361. The van der Waals surface area contributed by atoms with Crippen molar-refractivity contribution in [3.8, 4) is 17.0 Å². The second kappa shape index (κ2) is 10.1. The SMILES string of the molecule is CCCCc1nc(=O)c(S(=O)(=O)c2ccc(-c3ccc(F)nc3C)cc2)c(O)n1[C@H]1CCc2ccccc21. The monoisotopic (exact) mass is 533 g/mol. The van der Waals surface area contributed by atoms with E-state index in [1.165, 1.54) is 22.8 Å². The summed E-state index contributed by atoms with van der Waals surface area (Å²) in [6.45, 7) is 3.68. The second-order valence-corrected chi connectivity index (χ2v) is 11.4.